The van der Waals surface area contributed by atoms with E-state index in [2.05, 4.69) is 16.0 Å². The maximum absolute atomic E-state index is 14.0. The van der Waals surface area contributed by atoms with Gasteiger partial charge in [0.15, 0.2) is 0 Å². The highest BCUT2D eigenvalue weighted by Gasteiger charge is 2.18. The highest BCUT2D eigenvalue weighted by atomic mass is 32.2. The quantitative estimate of drug-likeness (QED) is 0.0946. The number of thioether (sulfide) groups is 1. The predicted molar refractivity (Wildman–Crippen MR) is 185 cm³/mol. The van der Waals surface area contributed by atoms with Gasteiger partial charge in [-0.3, -0.25) is 14.4 Å². The molecule has 0 saturated heterocycles. The first-order valence-electron chi connectivity index (χ1n) is 14.8. The summed E-state index contributed by atoms with van der Waals surface area (Å²) in [4.78, 5) is 40.0. The van der Waals surface area contributed by atoms with Crippen molar-refractivity contribution in [2.75, 3.05) is 10.6 Å². The van der Waals surface area contributed by atoms with E-state index >= 15 is 0 Å². The lowest BCUT2D eigenvalue weighted by molar-refractivity contribution is -0.115. The number of para-hydroxylation sites is 1. The molecule has 47 heavy (non-hydrogen) atoms. The molecule has 5 aromatic rings. The summed E-state index contributed by atoms with van der Waals surface area (Å²) < 4.78 is 19.9. The molecule has 0 radical (unpaired) electrons. The number of halogens is 1. The van der Waals surface area contributed by atoms with Crippen molar-refractivity contribution in [3.8, 4) is 5.75 Å². The van der Waals surface area contributed by atoms with Crippen LogP contribution < -0.4 is 20.7 Å². The number of nitrogens with one attached hydrogen (secondary N) is 3. The zero-order valence-electron chi connectivity index (χ0n) is 25.5. The Morgan fingerprint density at radius 3 is 2.19 bits per heavy atom. The van der Waals surface area contributed by atoms with Crippen molar-refractivity contribution < 1.29 is 23.5 Å². The van der Waals surface area contributed by atoms with E-state index in [1.807, 2.05) is 36.4 Å². The molecule has 1 unspecified atom stereocenters. The number of amides is 3. The highest BCUT2D eigenvalue weighted by molar-refractivity contribution is 8.00. The van der Waals surface area contributed by atoms with Gasteiger partial charge in [-0.1, -0.05) is 78.9 Å². The average Bonchev–Trinajstić information content (AvgIpc) is 3.09. The molecule has 0 aliphatic heterocycles. The number of carbonyl (C=O) groups excluding carboxylic acids is 3. The lowest BCUT2D eigenvalue weighted by Gasteiger charge is -2.14. The van der Waals surface area contributed by atoms with Crippen molar-refractivity contribution in [2.45, 2.75) is 23.7 Å². The van der Waals surface area contributed by atoms with Crippen LogP contribution in [0.1, 0.15) is 28.4 Å². The van der Waals surface area contributed by atoms with E-state index in [0.717, 1.165) is 5.56 Å². The van der Waals surface area contributed by atoms with E-state index in [0.29, 0.717) is 34.1 Å². The molecular formula is C38H32FN3O4S. The standard InChI is InChI=1S/C38H32FN3O4S/c1-26(36(43)41-34-18-9-8-17-33(34)39)47-32-16-10-15-30(24-32)40-38(45)35(42-37(44)29-13-6-3-7-14-29)23-27-19-21-31(22-20-27)46-25-28-11-4-2-5-12-28/h2-24,26H,25H2,1H3,(H,40,45)(H,41,43)(H,42,44)/b35-23-. The smallest absolute Gasteiger partial charge is 0.272 e. The largest absolute Gasteiger partial charge is 0.489 e. The Morgan fingerprint density at radius 1 is 0.787 bits per heavy atom. The number of carbonyl (C=O) groups is 3. The number of hydrogen-bond donors (Lipinski definition) is 3. The van der Waals surface area contributed by atoms with Crippen molar-refractivity contribution in [3.05, 3.63) is 162 Å². The Morgan fingerprint density at radius 2 is 1.47 bits per heavy atom. The molecule has 0 aromatic heterocycles. The number of rotatable bonds is 12. The summed E-state index contributed by atoms with van der Waals surface area (Å²) in [5, 5.41) is 7.64. The van der Waals surface area contributed by atoms with Crippen molar-refractivity contribution in [2.24, 2.45) is 0 Å². The molecule has 3 amide bonds. The Bertz CT molecular complexity index is 1870. The topological polar surface area (TPSA) is 96.5 Å². The lowest BCUT2D eigenvalue weighted by atomic mass is 10.1. The van der Waals surface area contributed by atoms with E-state index in [4.69, 9.17) is 4.74 Å². The number of anilines is 2. The molecule has 0 aliphatic rings. The second-order valence-electron chi connectivity index (χ2n) is 10.4. The van der Waals surface area contributed by atoms with Gasteiger partial charge in [-0.25, -0.2) is 4.39 Å². The fraction of sp³-hybridized carbons (Fsp3) is 0.0789. The third-order valence-corrected chi connectivity index (χ3v) is 7.97. The molecule has 236 valence electrons. The Labute approximate surface area is 276 Å². The van der Waals surface area contributed by atoms with Crippen LogP contribution in [0.2, 0.25) is 0 Å². The number of hydrogen-bond acceptors (Lipinski definition) is 5. The summed E-state index contributed by atoms with van der Waals surface area (Å²) in [5.74, 6) is -1.19. The second-order valence-corrected chi connectivity index (χ2v) is 11.8. The molecule has 0 aliphatic carbocycles. The van der Waals surface area contributed by atoms with Gasteiger partial charge < -0.3 is 20.7 Å². The molecule has 0 bridgehead atoms. The van der Waals surface area contributed by atoms with Crippen LogP contribution >= 0.6 is 11.8 Å². The summed E-state index contributed by atoms with van der Waals surface area (Å²) >= 11 is 1.26. The van der Waals surface area contributed by atoms with E-state index < -0.39 is 22.9 Å². The van der Waals surface area contributed by atoms with Crippen molar-refractivity contribution in [1.29, 1.82) is 0 Å². The highest BCUT2D eigenvalue weighted by Crippen LogP contribution is 2.27. The Hall–Kier alpha value is -5.67. The van der Waals surface area contributed by atoms with Gasteiger partial charge in [0.2, 0.25) is 5.91 Å². The van der Waals surface area contributed by atoms with E-state index in [-0.39, 0.29) is 17.3 Å². The van der Waals surface area contributed by atoms with Crippen LogP contribution in [0.4, 0.5) is 15.8 Å². The first kappa shape index (κ1) is 32.7. The molecule has 9 heteroatoms. The molecule has 0 heterocycles. The lowest BCUT2D eigenvalue weighted by Crippen LogP contribution is -2.30. The maximum atomic E-state index is 14.0. The third kappa shape index (κ3) is 9.66. The van der Waals surface area contributed by atoms with Crippen LogP contribution in [0, 0.1) is 5.82 Å². The van der Waals surface area contributed by atoms with E-state index in [9.17, 15) is 18.8 Å². The molecule has 5 rings (SSSR count). The fourth-order valence-electron chi connectivity index (χ4n) is 4.41. The van der Waals surface area contributed by atoms with Crippen LogP contribution in [-0.2, 0) is 16.2 Å². The van der Waals surface area contributed by atoms with Crippen molar-refractivity contribution in [1.82, 2.24) is 5.32 Å². The third-order valence-electron chi connectivity index (χ3n) is 6.87. The minimum atomic E-state index is -0.555. The number of ether oxygens (including phenoxy) is 1. The molecule has 0 fully saturated rings. The summed E-state index contributed by atoms with van der Waals surface area (Å²) in [6.45, 7) is 2.13. The van der Waals surface area contributed by atoms with Gasteiger partial charge in [0.1, 0.15) is 23.9 Å². The predicted octanol–water partition coefficient (Wildman–Crippen LogP) is 7.93. The maximum Gasteiger partial charge on any atom is 0.272 e. The molecular weight excluding hydrogens is 614 g/mol. The fourth-order valence-corrected chi connectivity index (χ4v) is 5.34. The minimum Gasteiger partial charge on any atom is -0.489 e. The molecule has 3 N–H and O–H groups in total. The zero-order chi connectivity index (χ0) is 33.0. The van der Waals surface area contributed by atoms with Gasteiger partial charge in [0.05, 0.1) is 10.9 Å². The summed E-state index contributed by atoms with van der Waals surface area (Å²) in [6.07, 6.45) is 1.59. The van der Waals surface area contributed by atoms with Crippen LogP contribution in [0.3, 0.4) is 0 Å². The zero-order valence-corrected chi connectivity index (χ0v) is 26.3. The molecule has 0 spiro atoms. The monoisotopic (exact) mass is 645 g/mol. The van der Waals surface area contributed by atoms with Gasteiger partial charge in [0.25, 0.3) is 11.8 Å². The molecule has 5 aromatic carbocycles. The Balaban J connectivity index is 1.29. The summed E-state index contributed by atoms with van der Waals surface area (Å²) in [6, 6.07) is 38.6. The first-order chi connectivity index (χ1) is 22.8. The number of benzene rings is 5. The molecule has 1 atom stereocenters. The van der Waals surface area contributed by atoms with Crippen molar-refractivity contribution in [3.63, 3.8) is 0 Å². The van der Waals surface area contributed by atoms with Crippen LogP contribution in [0.25, 0.3) is 6.08 Å². The minimum absolute atomic E-state index is 0.0347. The van der Waals surface area contributed by atoms with E-state index in [1.54, 1.807) is 97.9 Å². The summed E-state index contributed by atoms with van der Waals surface area (Å²) in [5.41, 5.74) is 2.73. The Kier molecular flexibility index (Phi) is 11.2. The van der Waals surface area contributed by atoms with Gasteiger partial charge in [-0.05, 0) is 78.7 Å². The van der Waals surface area contributed by atoms with E-state index in [1.165, 1.54) is 23.9 Å². The van der Waals surface area contributed by atoms with Crippen LogP contribution in [0.5, 0.6) is 5.75 Å². The molecule has 0 saturated carbocycles. The van der Waals surface area contributed by atoms with Gasteiger partial charge in [-0.15, -0.1) is 11.8 Å². The second kappa shape index (κ2) is 16.1. The summed E-state index contributed by atoms with van der Waals surface area (Å²) in [7, 11) is 0. The SMILES string of the molecule is CC(Sc1cccc(NC(=O)/C(=C/c2ccc(OCc3ccccc3)cc2)NC(=O)c2ccccc2)c1)C(=O)Nc1ccccc1F. The van der Waals surface area contributed by atoms with Gasteiger partial charge in [-0.2, -0.15) is 0 Å². The normalized spacial score (nSPS) is 11.7. The van der Waals surface area contributed by atoms with Crippen LogP contribution in [0.15, 0.2) is 144 Å². The average molecular weight is 646 g/mol. The first-order valence-corrected chi connectivity index (χ1v) is 15.7. The van der Waals surface area contributed by atoms with Gasteiger partial charge >= 0.3 is 0 Å². The van der Waals surface area contributed by atoms with Gasteiger partial charge in [0, 0.05) is 16.1 Å². The van der Waals surface area contributed by atoms with Crippen LogP contribution in [-0.4, -0.2) is 23.0 Å². The molecule has 7 nitrogen and oxygen atoms in total. The van der Waals surface area contributed by atoms with Crippen molar-refractivity contribution >= 4 is 46.9 Å².